The fourth-order valence-electron chi connectivity index (χ4n) is 1.76. The highest BCUT2D eigenvalue weighted by molar-refractivity contribution is 7.99. The van der Waals surface area contributed by atoms with E-state index in [1.54, 1.807) is 12.1 Å². The molecule has 0 fully saturated rings. The summed E-state index contributed by atoms with van der Waals surface area (Å²) in [7, 11) is 0. The van der Waals surface area contributed by atoms with Crippen molar-refractivity contribution in [2.24, 2.45) is 5.73 Å². The van der Waals surface area contributed by atoms with Gasteiger partial charge in [-0.2, -0.15) is 0 Å². The van der Waals surface area contributed by atoms with E-state index >= 15 is 0 Å². The molecule has 0 aromatic heterocycles. The molecule has 0 saturated heterocycles. The lowest BCUT2D eigenvalue weighted by Crippen LogP contribution is -2.25. The third-order valence-electron chi connectivity index (χ3n) is 2.73. The van der Waals surface area contributed by atoms with Crippen LogP contribution in [0.4, 0.5) is 4.39 Å². The third kappa shape index (κ3) is 4.23. The van der Waals surface area contributed by atoms with Gasteiger partial charge in [-0.25, -0.2) is 4.39 Å². The van der Waals surface area contributed by atoms with E-state index in [1.165, 1.54) is 17.8 Å². The van der Waals surface area contributed by atoms with Crippen molar-refractivity contribution in [2.75, 3.05) is 5.75 Å². The summed E-state index contributed by atoms with van der Waals surface area (Å²) in [5, 5.41) is 0.730. The standard InChI is InChI=1S/C15H15ClFNS/c16-13-6-2-1-5-11(13)9-12(18)10-19-15-8-4-3-7-14(15)17/h1-8,12H,9-10,18H2. The Morgan fingerprint density at radius 1 is 1.11 bits per heavy atom. The highest BCUT2D eigenvalue weighted by Gasteiger charge is 2.09. The Balaban J connectivity index is 1.90. The molecule has 0 aliphatic heterocycles. The average Bonchev–Trinajstić information content (AvgIpc) is 2.40. The lowest BCUT2D eigenvalue weighted by atomic mass is 10.1. The molecule has 19 heavy (non-hydrogen) atoms. The molecule has 0 bridgehead atoms. The Bertz CT molecular complexity index is 547. The van der Waals surface area contributed by atoms with Gasteiger partial charge in [-0.15, -0.1) is 11.8 Å². The monoisotopic (exact) mass is 295 g/mol. The normalized spacial score (nSPS) is 12.4. The van der Waals surface area contributed by atoms with Crippen LogP contribution in [0.1, 0.15) is 5.56 Å². The van der Waals surface area contributed by atoms with Crippen molar-refractivity contribution in [1.29, 1.82) is 0 Å². The zero-order valence-corrected chi connectivity index (χ0v) is 11.9. The van der Waals surface area contributed by atoms with Gasteiger partial charge in [0, 0.05) is 21.7 Å². The molecule has 2 rings (SSSR count). The van der Waals surface area contributed by atoms with Crippen LogP contribution in [0.2, 0.25) is 5.02 Å². The quantitative estimate of drug-likeness (QED) is 0.839. The summed E-state index contributed by atoms with van der Waals surface area (Å²) in [6, 6.07) is 14.3. The van der Waals surface area contributed by atoms with E-state index in [1.807, 2.05) is 30.3 Å². The van der Waals surface area contributed by atoms with Crippen LogP contribution >= 0.6 is 23.4 Å². The number of hydrogen-bond donors (Lipinski definition) is 1. The SMILES string of the molecule is NC(CSc1ccccc1F)Cc1ccccc1Cl. The van der Waals surface area contributed by atoms with Crippen molar-refractivity contribution < 1.29 is 4.39 Å². The second-order valence-corrected chi connectivity index (χ2v) is 5.77. The molecule has 0 heterocycles. The maximum atomic E-state index is 13.4. The molecule has 1 unspecified atom stereocenters. The molecule has 0 radical (unpaired) electrons. The fraction of sp³-hybridized carbons (Fsp3) is 0.200. The number of benzene rings is 2. The second kappa shape index (κ2) is 6.94. The first-order valence-electron chi connectivity index (χ1n) is 6.03. The Hall–Kier alpha value is -1.03. The highest BCUT2D eigenvalue weighted by Crippen LogP contribution is 2.23. The van der Waals surface area contributed by atoms with Crippen LogP contribution in [0.25, 0.3) is 0 Å². The van der Waals surface area contributed by atoms with Crippen LogP contribution in [0, 0.1) is 5.82 Å². The number of nitrogens with two attached hydrogens (primary N) is 1. The summed E-state index contributed by atoms with van der Waals surface area (Å²) in [5.74, 6) is 0.462. The Kier molecular flexibility index (Phi) is 5.25. The van der Waals surface area contributed by atoms with E-state index in [2.05, 4.69) is 0 Å². The van der Waals surface area contributed by atoms with Crippen LogP contribution in [-0.4, -0.2) is 11.8 Å². The molecular formula is C15H15ClFNS. The fourth-order valence-corrected chi connectivity index (χ4v) is 2.87. The Labute approximate surface area is 122 Å². The van der Waals surface area contributed by atoms with Crippen LogP contribution in [0.3, 0.4) is 0 Å². The molecule has 0 aliphatic rings. The maximum Gasteiger partial charge on any atom is 0.136 e. The van der Waals surface area contributed by atoms with Gasteiger partial charge in [0.2, 0.25) is 0 Å². The minimum absolute atomic E-state index is 0.0514. The molecule has 0 spiro atoms. The van der Waals surface area contributed by atoms with Crippen LogP contribution in [0.5, 0.6) is 0 Å². The maximum absolute atomic E-state index is 13.4. The highest BCUT2D eigenvalue weighted by atomic mass is 35.5. The van der Waals surface area contributed by atoms with Gasteiger partial charge in [0.1, 0.15) is 5.82 Å². The number of rotatable bonds is 5. The smallest absolute Gasteiger partial charge is 0.136 e. The molecule has 1 nitrogen and oxygen atoms in total. The lowest BCUT2D eigenvalue weighted by Gasteiger charge is -2.12. The zero-order valence-electron chi connectivity index (χ0n) is 10.4. The summed E-state index contributed by atoms with van der Waals surface area (Å²) < 4.78 is 13.4. The molecule has 4 heteroatoms. The minimum atomic E-state index is -0.197. The van der Waals surface area contributed by atoms with Gasteiger partial charge in [0.25, 0.3) is 0 Å². The molecule has 100 valence electrons. The molecule has 1 atom stereocenters. The third-order valence-corrected chi connectivity index (χ3v) is 4.34. The van der Waals surface area contributed by atoms with Crippen molar-refractivity contribution in [3.8, 4) is 0 Å². The molecular weight excluding hydrogens is 281 g/mol. The molecule has 0 amide bonds. The van der Waals surface area contributed by atoms with E-state index in [0.29, 0.717) is 17.1 Å². The van der Waals surface area contributed by atoms with Gasteiger partial charge in [0.05, 0.1) is 0 Å². The van der Waals surface area contributed by atoms with Crippen LogP contribution in [-0.2, 0) is 6.42 Å². The van der Waals surface area contributed by atoms with Crippen molar-refractivity contribution in [3.05, 3.63) is 64.9 Å². The summed E-state index contributed by atoms with van der Waals surface area (Å²) in [4.78, 5) is 0.636. The Morgan fingerprint density at radius 3 is 2.53 bits per heavy atom. The topological polar surface area (TPSA) is 26.0 Å². The number of thioether (sulfide) groups is 1. The van der Waals surface area contributed by atoms with Gasteiger partial charge in [-0.3, -0.25) is 0 Å². The first-order valence-corrected chi connectivity index (χ1v) is 7.39. The molecule has 0 saturated carbocycles. The van der Waals surface area contributed by atoms with E-state index in [9.17, 15) is 4.39 Å². The van der Waals surface area contributed by atoms with Crippen molar-refractivity contribution in [1.82, 2.24) is 0 Å². The summed E-state index contributed by atoms with van der Waals surface area (Å²) in [6.07, 6.45) is 0.696. The zero-order chi connectivity index (χ0) is 13.7. The van der Waals surface area contributed by atoms with Crippen molar-refractivity contribution in [2.45, 2.75) is 17.4 Å². The predicted molar refractivity (Wildman–Crippen MR) is 80.3 cm³/mol. The molecule has 2 aromatic carbocycles. The van der Waals surface area contributed by atoms with Gasteiger partial charge in [-0.05, 0) is 30.2 Å². The number of hydrogen-bond acceptors (Lipinski definition) is 2. The molecule has 2 aromatic rings. The van der Waals surface area contributed by atoms with Crippen molar-refractivity contribution in [3.63, 3.8) is 0 Å². The van der Waals surface area contributed by atoms with Crippen LogP contribution in [0.15, 0.2) is 53.4 Å². The number of halogens is 2. The first-order chi connectivity index (χ1) is 9.16. The minimum Gasteiger partial charge on any atom is -0.327 e. The summed E-state index contributed by atoms with van der Waals surface area (Å²) in [5.41, 5.74) is 7.10. The van der Waals surface area contributed by atoms with Gasteiger partial charge >= 0.3 is 0 Å². The van der Waals surface area contributed by atoms with E-state index in [-0.39, 0.29) is 11.9 Å². The molecule has 0 aliphatic carbocycles. The van der Waals surface area contributed by atoms with Gasteiger partial charge < -0.3 is 5.73 Å². The van der Waals surface area contributed by atoms with Crippen molar-refractivity contribution >= 4 is 23.4 Å². The van der Waals surface area contributed by atoms with Crippen LogP contribution < -0.4 is 5.73 Å². The van der Waals surface area contributed by atoms with E-state index < -0.39 is 0 Å². The summed E-state index contributed by atoms with van der Waals surface area (Å²) in [6.45, 7) is 0. The van der Waals surface area contributed by atoms with E-state index in [4.69, 9.17) is 17.3 Å². The van der Waals surface area contributed by atoms with Gasteiger partial charge in [-0.1, -0.05) is 41.9 Å². The second-order valence-electron chi connectivity index (χ2n) is 4.30. The molecule has 2 N–H and O–H groups in total. The van der Waals surface area contributed by atoms with Gasteiger partial charge in [0.15, 0.2) is 0 Å². The predicted octanol–water partition coefficient (Wildman–Crippen LogP) is 4.14. The average molecular weight is 296 g/mol. The van der Waals surface area contributed by atoms with E-state index in [0.717, 1.165) is 10.6 Å². The first kappa shape index (κ1) is 14.4. The lowest BCUT2D eigenvalue weighted by molar-refractivity contribution is 0.601. The largest absolute Gasteiger partial charge is 0.327 e. The Morgan fingerprint density at radius 2 is 1.79 bits per heavy atom. The summed E-state index contributed by atoms with van der Waals surface area (Å²) >= 11 is 7.53.